The standard InChI is InChI=1S/C21H19BrN2O3S/c1-16-7-10-20(11-8-16)28(25,26)24-23-14-18-13-19(9-12-21(18)22)27-15-17-5-3-2-4-6-17/h2-14,24H,15H2,1H3/b23-14-. The maximum atomic E-state index is 12.3. The van der Waals surface area contributed by atoms with E-state index in [-0.39, 0.29) is 4.90 Å². The summed E-state index contributed by atoms with van der Waals surface area (Å²) in [5, 5.41) is 3.88. The quantitative estimate of drug-likeness (QED) is 0.413. The highest BCUT2D eigenvalue weighted by Crippen LogP contribution is 2.22. The summed E-state index contributed by atoms with van der Waals surface area (Å²) in [6.45, 7) is 2.34. The van der Waals surface area contributed by atoms with E-state index >= 15 is 0 Å². The summed E-state index contributed by atoms with van der Waals surface area (Å²) in [7, 11) is -3.71. The Labute approximate surface area is 173 Å². The molecule has 3 rings (SSSR count). The van der Waals surface area contributed by atoms with Crippen LogP contribution in [0.5, 0.6) is 5.75 Å². The highest BCUT2D eigenvalue weighted by molar-refractivity contribution is 9.10. The van der Waals surface area contributed by atoms with Gasteiger partial charge in [-0.2, -0.15) is 13.5 Å². The average Bonchev–Trinajstić information content (AvgIpc) is 2.69. The summed E-state index contributed by atoms with van der Waals surface area (Å²) in [6.07, 6.45) is 1.44. The summed E-state index contributed by atoms with van der Waals surface area (Å²) in [5.41, 5.74) is 2.74. The lowest BCUT2D eigenvalue weighted by atomic mass is 10.2. The summed E-state index contributed by atoms with van der Waals surface area (Å²) in [6, 6.07) is 21.9. The van der Waals surface area contributed by atoms with Gasteiger partial charge in [0.1, 0.15) is 12.4 Å². The Morgan fingerprint density at radius 3 is 2.46 bits per heavy atom. The third kappa shape index (κ3) is 5.43. The number of benzene rings is 3. The second kappa shape index (κ2) is 9.03. The number of nitrogens with zero attached hydrogens (tertiary/aromatic N) is 1. The minimum Gasteiger partial charge on any atom is -0.489 e. The monoisotopic (exact) mass is 458 g/mol. The van der Waals surface area contributed by atoms with Crippen molar-refractivity contribution in [3.63, 3.8) is 0 Å². The normalized spacial score (nSPS) is 11.5. The molecule has 0 aliphatic rings. The molecule has 0 saturated heterocycles. The second-order valence-electron chi connectivity index (χ2n) is 6.12. The van der Waals surface area contributed by atoms with Crippen molar-refractivity contribution in [2.45, 2.75) is 18.4 Å². The molecule has 0 aliphatic heterocycles. The maximum absolute atomic E-state index is 12.3. The van der Waals surface area contributed by atoms with Crippen molar-refractivity contribution in [3.8, 4) is 5.75 Å². The number of halogens is 1. The number of rotatable bonds is 7. The lowest BCUT2D eigenvalue weighted by Crippen LogP contribution is -2.18. The van der Waals surface area contributed by atoms with E-state index in [4.69, 9.17) is 4.74 Å². The molecule has 0 saturated carbocycles. The molecule has 0 bridgehead atoms. The van der Waals surface area contributed by atoms with Crippen molar-refractivity contribution >= 4 is 32.2 Å². The second-order valence-corrected chi connectivity index (χ2v) is 8.64. The van der Waals surface area contributed by atoms with Crippen LogP contribution in [-0.2, 0) is 16.6 Å². The van der Waals surface area contributed by atoms with Crippen LogP contribution in [0.4, 0.5) is 0 Å². The topological polar surface area (TPSA) is 67.8 Å². The Morgan fingerprint density at radius 1 is 1.04 bits per heavy atom. The SMILES string of the molecule is Cc1ccc(S(=O)(=O)N/N=C\c2cc(OCc3ccccc3)ccc2Br)cc1. The molecule has 0 spiro atoms. The molecule has 28 heavy (non-hydrogen) atoms. The fourth-order valence-electron chi connectivity index (χ4n) is 2.39. The summed E-state index contributed by atoms with van der Waals surface area (Å²) >= 11 is 3.44. The van der Waals surface area contributed by atoms with E-state index in [2.05, 4.69) is 25.9 Å². The highest BCUT2D eigenvalue weighted by Gasteiger charge is 2.12. The average molecular weight is 459 g/mol. The largest absolute Gasteiger partial charge is 0.489 e. The molecule has 7 heteroatoms. The van der Waals surface area contributed by atoms with Gasteiger partial charge in [-0.25, -0.2) is 4.83 Å². The van der Waals surface area contributed by atoms with Crippen molar-refractivity contribution in [1.29, 1.82) is 0 Å². The van der Waals surface area contributed by atoms with Gasteiger partial charge in [-0.15, -0.1) is 0 Å². The van der Waals surface area contributed by atoms with Gasteiger partial charge in [0, 0.05) is 10.0 Å². The van der Waals surface area contributed by atoms with Crippen LogP contribution >= 0.6 is 15.9 Å². The van der Waals surface area contributed by atoms with E-state index in [9.17, 15) is 8.42 Å². The van der Waals surface area contributed by atoms with Crippen molar-refractivity contribution < 1.29 is 13.2 Å². The first-order chi connectivity index (χ1) is 13.4. The first-order valence-electron chi connectivity index (χ1n) is 8.52. The lowest BCUT2D eigenvalue weighted by molar-refractivity contribution is 0.306. The number of ether oxygens (including phenoxy) is 1. The van der Waals surface area contributed by atoms with E-state index < -0.39 is 10.0 Å². The Kier molecular flexibility index (Phi) is 6.49. The van der Waals surface area contributed by atoms with Gasteiger partial charge in [-0.3, -0.25) is 0 Å². The highest BCUT2D eigenvalue weighted by atomic mass is 79.9. The van der Waals surface area contributed by atoms with Gasteiger partial charge in [0.2, 0.25) is 0 Å². The molecule has 5 nitrogen and oxygen atoms in total. The first kappa shape index (κ1) is 20.1. The van der Waals surface area contributed by atoms with Gasteiger partial charge < -0.3 is 4.74 Å². The van der Waals surface area contributed by atoms with Crippen LogP contribution in [0.15, 0.2) is 87.3 Å². The van der Waals surface area contributed by atoms with Crippen molar-refractivity contribution in [2.75, 3.05) is 0 Å². The first-order valence-corrected chi connectivity index (χ1v) is 10.8. The van der Waals surface area contributed by atoms with Gasteiger partial charge in [0.15, 0.2) is 0 Å². The van der Waals surface area contributed by atoms with Crippen LogP contribution in [0.1, 0.15) is 16.7 Å². The third-order valence-corrected chi connectivity index (χ3v) is 5.88. The van der Waals surface area contributed by atoms with E-state index in [1.807, 2.05) is 49.4 Å². The number of hydrogen-bond donors (Lipinski definition) is 1. The van der Waals surface area contributed by atoms with Crippen molar-refractivity contribution in [2.24, 2.45) is 5.10 Å². The number of hydrogen-bond acceptors (Lipinski definition) is 4. The molecule has 144 valence electrons. The molecular weight excluding hydrogens is 440 g/mol. The summed E-state index contributed by atoms with van der Waals surface area (Å²) in [4.78, 5) is 2.39. The molecule has 0 amide bonds. The maximum Gasteiger partial charge on any atom is 0.276 e. The summed E-state index contributed by atoms with van der Waals surface area (Å²) < 4.78 is 31.1. The van der Waals surface area contributed by atoms with Gasteiger partial charge in [-0.05, 0) is 42.8 Å². The molecule has 3 aromatic rings. The molecule has 1 N–H and O–H groups in total. The molecule has 0 heterocycles. The lowest BCUT2D eigenvalue weighted by Gasteiger charge is -2.08. The van der Waals surface area contributed by atoms with Crippen LogP contribution in [0.25, 0.3) is 0 Å². The molecule has 0 fully saturated rings. The minimum atomic E-state index is -3.71. The zero-order valence-corrected chi connectivity index (χ0v) is 17.6. The Balaban J connectivity index is 1.68. The predicted molar refractivity (Wildman–Crippen MR) is 114 cm³/mol. The van der Waals surface area contributed by atoms with Crippen LogP contribution in [0.2, 0.25) is 0 Å². The van der Waals surface area contributed by atoms with Gasteiger partial charge in [0.05, 0.1) is 11.1 Å². The van der Waals surface area contributed by atoms with Crippen LogP contribution in [0, 0.1) is 6.92 Å². The minimum absolute atomic E-state index is 0.161. The summed E-state index contributed by atoms with van der Waals surface area (Å²) in [5.74, 6) is 0.662. The van der Waals surface area contributed by atoms with Gasteiger partial charge in [0.25, 0.3) is 10.0 Å². The zero-order chi connectivity index (χ0) is 20.0. The molecular formula is C21H19BrN2O3S. The number of hydrazone groups is 1. The van der Waals surface area contributed by atoms with E-state index in [0.717, 1.165) is 15.6 Å². The van der Waals surface area contributed by atoms with Crippen LogP contribution in [-0.4, -0.2) is 14.6 Å². The van der Waals surface area contributed by atoms with Crippen LogP contribution in [0.3, 0.4) is 0 Å². The molecule has 0 aromatic heterocycles. The predicted octanol–water partition coefficient (Wildman–Crippen LogP) is 4.65. The van der Waals surface area contributed by atoms with Crippen LogP contribution < -0.4 is 9.57 Å². The molecule has 0 aliphatic carbocycles. The fourth-order valence-corrected chi connectivity index (χ4v) is 3.53. The van der Waals surface area contributed by atoms with Crippen molar-refractivity contribution in [3.05, 3.63) is 94.0 Å². The number of sulfonamides is 1. The smallest absolute Gasteiger partial charge is 0.276 e. The molecule has 3 aromatic carbocycles. The Hall–Kier alpha value is -2.64. The fraction of sp³-hybridized carbons (Fsp3) is 0.0952. The van der Waals surface area contributed by atoms with Gasteiger partial charge >= 0.3 is 0 Å². The Bertz CT molecular complexity index is 1070. The Morgan fingerprint density at radius 2 is 1.75 bits per heavy atom. The number of aryl methyl sites for hydroxylation is 1. The van der Waals surface area contributed by atoms with Gasteiger partial charge in [-0.1, -0.05) is 64.0 Å². The molecule has 0 unspecified atom stereocenters. The van der Waals surface area contributed by atoms with E-state index in [1.165, 1.54) is 6.21 Å². The van der Waals surface area contributed by atoms with E-state index in [0.29, 0.717) is 17.9 Å². The third-order valence-electron chi connectivity index (χ3n) is 3.92. The molecule has 0 atom stereocenters. The van der Waals surface area contributed by atoms with E-state index in [1.54, 1.807) is 30.3 Å². The molecule has 0 radical (unpaired) electrons. The van der Waals surface area contributed by atoms with Crippen molar-refractivity contribution in [1.82, 2.24) is 4.83 Å². The number of nitrogens with one attached hydrogen (secondary N) is 1. The zero-order valence-electron chi connectivity index (χ0n) is 15.2.